The van der Waals surface area contributed by atoms with Crippen molar-refractivity contribution in [1.82, 2.24) is 10.2 Å². The van der Waals surface area contributed by atoms with Crippen LogP contribution in [0.2, 0.25) is 0 Å². The summed E-state index contributed by atoms with van der Waals surface area (Å²) >= 11 is 0. The van der Waals surface area contributed by atoms with Crippen LogP contribution in [-0.4, -0.2) is 38.2 Å². The summed E-state index contributed by atoms with van der Waals surface area (Å²) in [4.78, 5) is 26.9. The Bertz CT molecular complexity index is 1020. The summed E-state index contributed by atoms with van der Waals surface area (Å²) in [5.74, 6) is -0.284. The number of sulfonamides is 1. The summed E-state index contributed by atoms with van der Waals surface area (Å²) in [6, 6.07) is 11.8. The zero-order valence-electron chi connectivity index (χ0n) is 17.2. The number of hydrogen-bond acceptors (Lipinski definition) is 4. The monoisotopic (exact) mass is 429 g/mol. The number of nitrogens with two attached hydrogens (primary N) is 1. The van der Waals surface area contributed by atoms with Crippen LogP contribution in [0.5, 0.6) is 0 Å². The summed E-state index contributed by atoms with van der Waals surface area (Å²) in [7, 11) is -3.79. The number of carbonyl (C=O) groups excluding carboxylic acids is 2. The van der Waals surface area contributed by atoms with Crippen molar-refractivity contribution in [3.05, 3.63) is 64.7 Å². The number of aryl methyl sites for hydroxylation is 2. The minimum absolute atomic E-state index is 0.0127. The Morgan fingerprint density at radius 3 is 2.13 bits per heavy atom. The molecule has 1 saturated heterocycles. The molecule has 8 heteroatoms. The number of rotatable bonds is 5. The predicted octanol–water partition coefficient (Wildman–Crippen LogP) is 2.12. The Hall–Kier alpha value is -2.71. The fourth-order valence-corrected chi connectivity index (χ4v) is 4.33. The second kappa shape index (κ2) is 8.97. The third-order valence-corrected chi connectivity index (χ3v) is 6.26. The fourth-order valence-electron chi connectivity index (χ4n) is 3.82. The van der Waals surface area contributed by atoms with E-state index in [4.69, 9.17) is 5.14 Å². The number of benzene rings is 2. The van der Waals surface area contributed by atoms with Gasteiger partial charge in [0.2, 0.25) is 15.9 Å². The first-order valence-electron chi connectivity index (χ1n) is 9.90. The Kier molecular flexibility index (Phi) is 6.58. The van der Waals surface area contributed by atoms with Crippen molar-refractivity contribution < 1.29 is 18.0 Å². The van der Waals surface area contributed by atoms with Crippen molar-refractivity contribution in [3.8, 4) is 0 Å². The van der Waals surface area contributed by atoms with Crippen molar-refractivity contribution >= 4 is 21.8 Å². The van der Waals surface area contributed by atoms with Crippen molar-refractivity contribution in [2.75, 3.05) is 13.1 Å². The Morgan fingerprint density at radius 2 is 1.60 bits per heavy atom. The van der Waals surface area contributed by atoms with Crippen molar-refractivity contribution in [1.29, 1.82) is 0 Å². The molecule has 0 bridgehead atoms. The van der Waals surface area contributed by atoms with Crippen LogP contribution >= 0.6 is 0 Å². The maximum atomic E-state index is 12.7. The van der Waals surface area contributed by atoms with Gasteiger partial charge >= 0.3 is 0 Å². The number of hydrogen-bond donors (Lipinski definition) is 2. The van der Waals surface area contributed by atoms with Gasteiger partial charge in [0.25, 0.3) is 5.91 Å². The van der Waals surface area contributed by atoms with E-state index in [1.165, 1.54) is 35.4 Å². The van der Waals surface area contributed by atoms with E-state index in [0.717, 1.165) is 5.56 Å². The molecule has 1 fully saturated rings. The molecule has 3 N–H and O–H groups in total. The van der Waals surface area contributed by atoms with Crippen LogP contribution in [0.25, 0.3) is 0 Å². The maximum absolute atomic E-state index is 12.7. The second-order valence-electron chi connectivity index (χ2n) is 7.85. The zero-order valence-corrected chi connectivity index (χ0v) is 18.0. The molecule has 2 aromatic carbocycles. The fraction of sp³-hybridized carbons (Fsp3) is 0.364. The Labute approximate surface area is 177 Å². The molecule has 2 aromatic rings. The number of nitrogens with one attached hydrogen (secondary N) is 1. The van der Waals surface area contributed by atoms with E-state index in [2.05, 4.69) is 23.5 Å². The quantitative estimate of drug-likeness (QED) is 0.759. The van der Waals surface area contributed by atoms with E-state index in [-0.39, 0.29) is 22.6 Å². The van der Waals surface area contributed by atoms with E-state index in [0.29, 0.717) is 38.0 Å². The van der Waals surface area contributed by atoms with Crippen LogP contribution in [0.3, 0.4) is 0 Å². The summed E-state index contributed by atoms with van der Waals surface area (Å²) in [6.07, 6.45) is 1.19. The first-order valence-corrected chi connectivity index (χ1v) is 11.4. The number of primary sulfonamides is 1. The van der Waals surface area contributed by atoms with E-state index in [9.17, 15) is 18.0 Å². The molecule has 1 aliphatic heterocycles. The van der Waals surface area contributed by atoms with Crippen LogP contribution in [0.1, 0.15) is 39.9 Å². The SMILES string of the molecule is Cc1cc(C)cc(CNC(=O)C2CCN(C(=O)c3ccc(S(N)(=O)=O)cc3)CC2)c1. The minimum Gasteiger partial charge on any atom is -0.352 e. The normalized spacial score (nSPS) is 15.1. The summed E-state index contributed by atoms with van der Waals surface area (Å²) in [6.45, 7) is 5.53. The molecule has 160 valence electrons. The van der Waals surface area contributed by atoms with E-state index in [1.54, 1.807) is 4.90 Å². The number of likely N-dealkylation sites (tertiary alicyclic amines) is 1. The third kappa shape index (κ3) is 5.46. The standard InChI is InChI=1S/C22H27N3O4S/c1-15-11-16(2)13-17(12-15)14-24-21(26)18-7-9-25(10-8-18)22(27)19-3-5-20(6-4-19)30(23,28)29/h3-6,11-13,18H,7-10,14H2,1-2H3,(H,24,26)(H2,23,28,29). The molecule has 0 atom stereocenters. The van der Waals surface area contributed by atoms with Crippen LogP contribution in [0.15, 0.2) is 47.4 Å². The molecule has 0 aromatic heterocycles. The lowest BCUT2D eigenvalue weighted by Gasteiger charge is -2.31. The van der Waals surface area contributed by atoms with Crippen LogP contribution in [0, 0.1) is 19.8 Å². The van der Waals surface area contributed by atoms with Gasteiger partial charge in [0.1, 0.15) is 0 Å². The Balaban J connectivity index is 1.52. The van der Waals surface area contributed by atoms with E-state index in [1.807, 2.05) is 13.8 Å². The van der Waals surface area contributed by atoms with Gasteiger partial charge in [-0.25, -0.2) is 13.6 Å². The molecule has 1 aliphatic rings. The molecule has 2 amide bonds. The maximum Gasteiger partial charge on any atom is 0.253 e. The van der Waals surface area contributed by atoms with Crippen molar-refractivity contribution in [2.45, 2.75) is 38.1 Å². The molecule has 30 heavy (non-hydrogen) atoms. The molecule has 3 rings (SSSR count). The van der Waals surface area contributed by atoms with E-state index < -0.39 is 10.0 Å². The lowest BCUT2D eigenvalue weighted by Crippen LogP contribution is -2.42. The number of amides is 2. The van der Waals surface area contributed by atoms with Gasteiger partial charge in [0.15, 0.2) is 0 Å². The molecule has 7 nitrogen and oxygen atoms in total. The van der Waals surface area contributed by atoms with Gasteiger partial charge in [-0.05, 0) is 56.5 Å². The lowest BCUT2D eigenvalue weighted by atomic mass is 9.95. The highest BCUT2D eigenvalue weighted by molar-refractivity contribution is 7.89. The van der Waals surface area contributed by atoms with Crippen molar-refractivity contribution in [2.24, 2.45) is 11.1 Å². The number of piperidine rings is 1. The van der Waals surface area contributed by atoms with Gasteiger partial charge in [-0.1, -0.05) is 29.3 Å². The van der Waals surface area contributed by atoms with Crippen molar-refractivity contribution in [3.63, 3.8) is 0 Å². The first kappa shape index (κ1) is 22.0. The highest BCUT2D eigenvalue weighted by atomic mass is 32.2. The smallest absolute Gasteiger partial charge is 0.253 e. The average Bonchev–Trinajstić information content (AvgIpc) is 2.70. The molecule has 0 spiro atoms. The number of carbonyl (C=O) groups is 2. The summed E-state index contributed by atoms with van der Waals surface area (Å²) in [5.41, 5.74) is 3.82. The minimum atomic E-state index is -3.79. The highest BCUT2D eigenvalue weighted by Gasteiger charge is 2.27. The molecule has 0 radical (unpaired) electrons. The first-order chi connectivity index (χ1) is 14.1. The van der Waals surface area contributed by atoms with Gasteiger partial charge in [0.05, 0.1) is 4.90 Å². The summed E-state index contributed by atoms with van der Waals surface area (Å²) < 4.78 is 22.7. The van der Waals surface area contributed by atoms with Gasteiger partial charge in [-0.2, -0.15) is 0 Å². The van der Waals surface area contributed by atoms with Gasteiger partial charge in [0, 0.05) is 31.1 Å². The summed E-state index contributed by atoms with van der Waals surface area (Å²) in [5, 5.41) is 8.09. The van der Waals surface area contributed by atoms with Crippen LogP contribution in [0.4, 0.5) is 0 Å². The molecular weight excluding hydrogens is 402 g/mol. The molecule has 0 saturated carbocycles. The third-order valence-electron chi connectivity index (χ3n) is 5.33. The van der Waals surface area contributed by atoms with Gasteiger partial charge in [-0.3, -0.25) is 9.59 Å². The van der Waals surface area contributed by atoms with Crippen LogP contribution < -0.4 is 10.5 Å². The largest absolute Gasteiger partial charge is 0.352 e. The molecule has 0 aliphatic carbocycles. The van der Waals surface area contributed by atoms with Gasteiger partial charge in [-0.15, -0.1) is 0 Å². The molecule has 0 unspecified atom stereocenters. The predicted molar refractivity (Wildman–Crippen MR) is 114 cm³/mol. The average molecular weight is 430 g/mol. The molecule has 1 heterocycles. The highest BCUT2D eigenvalue weighted by Crippen LogP contribution is 2.20. The number of nitrogens with zero attached hydrogens (tertiary/aromatic N) is 1. The Morgan fingerprint density at radius 1 is 1.03 bits per heavy atom. The van der Waals surface area contributed by atoms with Gasteiger partial charge < -0.3 is 10.2 Å². The lowest BCUT2D eigenvalue weighted by molar-refractivity contribution is -0.126. The topological polar surface area (TPSA) is 110 Å². The van der Waals surface area contributed by atoms with Crippen LogP contribution in [-0.2, 0) is 21.4 Å². The zero-order chi connectivity index (χ0) is 21.9. The second-order valence-corrected chi connectivity index (χ2v) is 9.41. The van der Waals surface area contributed by atoms with E-state index >= 15 is 0 Å². The molecular formula is C22H27N3O4S.